The average molecular weight is 291 g/mol. The molecule has 0 unspecified atom stereocenters. The number of hydrogen-bond acceptors (Lipinski definition) is 8. The summed E-state index contributed by atoms with van der Waals surface area (Å²) in [7, 11) is 0. The molecule has 0 spiro atoms. The van der Waals surface area contributed by atoms with E-state index >= 15 is 0 Å². The van der Waals surface area contributed by atoms with Crippen LogP contribution in [0.2, 0.25) is 0 Å². The molecule has 0 aliphatic carbocycles. The fourth-order valence-electron chi connectivity index (χ4n) is 0.299. The van der Waals surface area contributed by atoms with Gasteiger partial charge in [0, 0.05) is 16.5 Å². The van der Waals surface area contributed by atoms with Gasteiger partial charge in [0.2, 0.25) is 0 Å². The Labute approximate surface area is 109 Å². The van der Waals surface area contributed by atoms with Crippen molar-refractivity contribution < 1.29 is 26.9 Å². The molecular weight excluding hydrogens is 275 g/mol. The van der Waals surface area contributed by atoms with E-state index in [4.69, 9.17) is 10.4 Å². The minimum Gasteiger partial charge on any atom is -0.291 e. The number of nitrogens with one attached hydrogen (secondary N) is 2. The van der Waals surface area contributed by atoms with Gasteiger partial charge in [0.25, 0.3) is 0 Å². The van der Waals surface area contributed by atoms with Crippen molar-refractivity contribution in [3.05, 3.63) is 32.6 Å². The van der Waals surface area contributed by atoms with Crippen molar-refractivity contribution in [3.63, 3.8) is 0 Å². The van der Waals surface area contributed by atoms with Gasteiger partial charge in [-0.1, -0.05) is 0 Å². The van der Waals surface area contributed by atoms with E-state index in [2.05, 4.69) is 10.4 Å². The summed E-state index contributed by atoms with van der Waals surface area (Å²) < 4.78 is 0. The van der Waals surface area contributed by atoms with E-state index in [-0.39, 0.29) is 27.9 Å². The zero-order valence-corrected chi connectivity index (χ0v) is 10.9. The Hall–Kier alpha value is -1.31. The van der Waals surface area contributed by atoms with Gasteiger partial charge in [-0.15, -0.1) is 9.81 Å². The SMILES string of the molecule is C/C(N=O)=C(\C)NO.C/C(N=O)=C(\C)NO.[Ni]. The zero-order valence-electron chi connectivity index (χ0n) is 9.92. The monoisotopic (exact) mass is 290 g/mol. The molecule has 102 valence electrons. The van der Waals surface area contributed by atoms with E-state index in [1.165, 1.54) is 13.8 Å². The molecule has 0 heterocycles. The van der Waals surface area contributed by atoms with Gasteiger partial charge in [-0.2, -0.15) is 0 Å². The molecule has 8 nitrogen and oxygen atoms in total. The predicted octanol–water partition coefficient (Wildman–Crippen LogP) is 1.96. The third-order valence-electron chi connectivity index (χ3n) is 1.69. The summed E-state index contributed by atoms with van der Waals surface area (Å²) in [5, 5.41) is 21.4. The molecule has 0 aromatic rings. The first-order chi connectivity index (χ1) is 7.44. The molecule has 4 N–H and O–H groups in total. The summed E-state index contributed by atoms with van der Waals surface area (Å²) in [6.07, 6.45) is 0. The minimum absolute atomic E-state index is 0. The van der Waals surface area contributed by atoms with Crippen molar-refractivity contribution in [3.8, 4) is 0 Å². The normalized spacial score (nSPS) is 11.6. The van der Waals surface area contributed by atoms with Crippen molar-refractivity contribution in [2.45, 2.75) is 27.7 Å². The third-order valence-corrected chi connectivity index (χ3v) is 1.69. The molecule has 0 aliphatic rings. The molecule has 0 aromatic carbocycles. The smallest absolute Gasteiger partial charge is 0.103 e. The van der Waals surface area contributed by atoms with Crippen LogP contribution in [0.5, 0.6) is 0 Å². The number of hydrogen-bond donors (Lipinski definition) is 4. The van der Waals surface area contributed by atoms with Crippen LogP contribution in [-0.2, 0) is 16.5 Å². The van der Waals surface area contributed by atoms with E-state index in [0.29, 0.717) is 11.4 Å². The van der Waals surface area contributed by atoms with Gasteiger partial charge in [-0.25, -0.2) is 0 Å². The second kappa shape index (κ2) is 12.8. The molecular formula is C8H16N4NiO4. The first-order valence-corrected chi connectivity index (χ1v) is 4.26. The van der Waals surface area contributed by atoms with Gasteiger partial charge in [-0.05, 0) is 38.0 Å². The largest absolute Gasteiger partial charge is 0.291 e. The van der Waals surface area contributed by atoms with Gasteiger partial charge >= 0.3 is 0 Å². The van der Waals surface area contributed by atoms with Crippen LogP contribution >= 0.6 is 0 Å². The van der Waals surface area contributed by atoms with Crippen molar-refractivity contribution >= 4 is 0 Å². The Bertz CT molecular complexity index is 274. The molecule has 0 saturated carbocycles. The maximum atomic E-state index is 9.65. The number of nitroso groups, excluding NO2 is 2. The van der Waals surface area contributed by atoms with Crippen LogP contribution in [0, 0.1) is 9.81 Å². The van der Waals surface area contributed by atoms with E-state index in [1.807, 2.05) is 0 Å². The number of allylic oxidation sites excluding steroid dienone is 4. The third kappa shape index (κ3) is 11.0. The molecule has 0 rings (SSSR count). The summed E-state index contributed by atoms with van der Waals surface area (Å²) in [6.45, 7) is 6.12. The Morgan fingerprint density at radius 3 is 1.12 bits per heavy atom. The van der Waals surface area contributed by atoms with Crippen molar-refractivity contribution in [2.75, 3.05) is 0 Å². The fourth-order valence-corrected chi connectivity index (χ4v) is 0.299. The summed E-state index contributed by atoms with van der Waals surface area (Å²) >= 11 is 0. The Morgan fingerprint density at radius 2 is 1.06 bits per heavy atom. The zero-order chi connectivity index (χ0) is 13.1. The van der Waals surface area contributed by atoms with Crippen molar-refractivity contribution in [1.29, 1.82) is 0 Å². The molecule has 17 heavy (non-hydrogen) atoms. The number of rotatable bonds is 4. The molecule has 0 aliphatic heterocycles. The van der Waals surface area contributed by atoms with E-state index < -0.39 is 0 Å². The van der Waals surface area contributed by atoms with Crippen LogP contribution in [-0.4, -0.2) is 10.4 Å². The molecule has 9 heteroatoms. The maximum Gasteiger partial charge on any atom is 0.103 e. The quantitative estimate of drug-likeness (QED) is 0.356. The van der Waals surface area contributed by atoms with Gasteiger partial charge in [-0.3, -0.25) is 21.4 Å². The standard InChI is InChI=1S/2C4H8N2O2.Ni/c2*1-3(5-7)4(2)6-8;/h2*5,7H,1-2H3;/b2*4-3-;. The van der Waals surface area contributed by atoms with Crippen LogP contribution in [0.3, 0.4) is 0 Å². The Balaban J connectivity index is -0.000000218. The van der Waals surface area contributed by atoms with Gasteiger partial charge in [0.05, 0.1) is 11.4 Å². The van der Waals surface area contributed by atoms with E-state index in [0.717, 1.165) is 0 Å². The van der Waals surface area contributed by atoms with Gasteiger partial charge in [0.15, 0.2) is 0 Å². The number of hydroxylamine groups is 2. The first-order valence-electron chi connectivity index (χ1n) is 4.26. The van der Waals surface area contributed by atoms with Crippen LogP contribution in [0.4, 0.5) is 0 Å². The molecule has 0 fully saturated rings. The first kappa shape index (κ1) is 21.0. The summed E-state index contributed by atoms with van der Waals surface area (Å²) in [5.74, 6) is 0. The van der Waals surface area contributed by atoms with Crippen LogP contribution in [0.25, 0.3) is 0 Å². The predicted molar refractivity (Wildman–Crippen MR) is 58.2 cm³/mol. The van der Waals surface area contributed by atoms with Crippen molar-refractivity contribution in [2.24, 2.45) is 10.4 Å². The Kier molecular flexibility index (Phi) is 15.8. The van der Waals surface area contributed by atoms with Gasteiger partial charge in [0.1, 0.15) is 11.4 Å². The number of nitrogens with zero attached hydrogens (tertiary/aromatic N) is 2. The van der Waals surface area contributed by atoms with E-state index in [1.54, 1.807) is 24.8 Å². The van der Waals surface area contributed by atoms with E-state index in [9.17, 15) is 9.81 Å². The minimum atomic E-state index is 0. The molecule has 0 atom stereocenters. The Morgan fingerprint density at radius 1 is 0.824 bits per heavy atom. The average Bonchev–Trinajstić information content (AvgIpc) is 2.35. The van der Waals surface area contributed by atoms with Gasteiger partial charge < -0.3 is 0 Å². The summed E-state index contributed by atoms with van der Waals surface area (Å²) in [5.41, 5.74) is 4.87. The second-order valence-electron chi connectivity index (χ2n) is 2.83. The van der Waals surface area contributed by atoms with Crippen LogP contribution in [0.15, 0.2) is 33.1 Å². The topological polar surface area (TPSA) is 123 Å². The second-order valence-corrected chi connectivity index (χ2v) is 2.83. The molecule has 0 aromatic heterocycles. The van der Waals surface area contributed by atoms with Crippen LogP contribution < -0.4 is 11.0 Å². The molecule has 0 saturated heterocycles. The molecule has 0 radical (unpaired) electrons. The summed E-state index contributed by atoms with van der Waals surface area (Å²) in [4.78, 5) is 19.3. The molecule has 0 bridgehead atoms. The summed E-state index contributed by atoms with van der Waals surface area (Å²) in [6, 6.07) is 0. The maximum absolute atomic E-state index is 9.65. The molecule has 0 amide bonds. The fraction of sp³-hybridized carbons (Fsp3) is 0.500. The van der Waals surface area contributed by atoms with Crippen LogP contribution in [0.1, 0.15) is 27.7 Å². The van der Waals surface area contributed by atoms with Crippen molar-refractivity contribution in [1.82, 2.24) is 11.0 Å².